The molecule has 0 saturated carbocycles. The second-order valence-corrected chi connectivity index (χ2v) is 5.61. The van der Waals surface area contributed by atoms with Crippen LogP contribution in [0.2, 0.25) is 0 Å². The Morgan fingerprint density at radius 3 is 2.60 bits per heavy atom. The van der Waals surface area contributed by atoms with Crippen molar-refractivity contribution in [3.8, 4) is 0 Å². The number of amides is 1. The molecule has 0 spiro atoms. The summed E-state index contributed by atoms with van der Waals surface area (Å²) in [5, 5.41) is 2.86. The number of nitrogens with one attached hydrogen (secondary N) is 1. The third kappa shape index (κ3) is 4.03. The Balaban J connectivity index is 2.14. The summed E-state index contributed by atoms with van der Waals surface area (Å²) in [6, 6.07) is 15.8. The van der Waals surface area contributed by atoms with E-state index in [1.165, 1.54) is 0 Å². The van der Waals surface area contributed by atoms with E-state index in [1.807, 2.05) is 43.3 Å². The molecular formula is C16H18N2OS. The maximum absolute atomic E-state index is 11.7. The first kappa shape index (κ1) is 14.5. The molecule has 0 unspecified atom stereocenters. The van der Waals surface area contributed by atoms with Gasteiger partial charge in [0.2, 0.25) is 5.91 Å². The molecule has 0 atom stereocenters. The van der Waals surface area contributed by atoms with Crippen LogP contribution in [0.1, 0.15) is 19.8 Å². The molecule has 2 rings (SSSR count). The summed E-state index contributed by atoms with van der Waals surface area (Å²) in [5.74, 6) is 0.000983. The third-order valence-electron chi connectivity index (χ3n) is 2.75. The van der Waals surface area contributed by atoms with Crippen LogP contribution in [0.3, 0.4) is 0 Å². The van der Waals surface area contributed by atoms with Gasteiger partial charge in [-0.2, -0.15) is 0 Å². The zero-order valence-corrected chi connectivity index (χ0v) is 12.2. The lowest BCUT2D eigenvalue weighted by Gasteiger charge is -2.10. The molecule has 3 N–H and O–H groups in total. The molecule has 0 fully saturated rings. The Morgan fingerprint density at radius 1 is 1.15 bits per heavy atom. The van der Waals surface area contributed by atoms with Gasteiger partial charge in [-0.3, -0.25) is 4.79 Å². The van der Waals surface area contributed by atoms with Crippen LogP contribution < -0.4 is 11.1 Å². The van der Waals surface area contributed by atoms with Crippen LogP contribution in [0.4, 0.5) is 11.4 Å². The fraction of sp³-hybridized carbons (Fsp3) is 0.188. The van der Waals surface area contributed by atoms with E-state index in [4.69, 9.17) is 5.73 Å². The van der Waals surface area contributed by atoms with Gasteiger partial charge < -0.3 is 11.1 Å². The van der Waals surface area contributed by atoms with E-state index in [1.54, 1.807) is 11.8 Å². The van der Waals surface area contributed by atoms with Crippen molar-refractivity contribution in [1.29, 1.82) is 0 Å². The van der Waals surface area contributed by atoms with Gasteiger partial charge in [0.1, 0.15) is 0 Å². The summed E-state index contributed by atoms with van der Waals surface area (Å²) >= 11 is 1.64. The van der Waals surface area contributed by atoms with Gasteiger partial charge in [-0.25, -0.2) is 0 Å². The standard InChI is InChI=1S/C16H18N2OS/c1-2-6-16(19)18-15-11-13(9-10-14(15)17)20-12-7-4-3-5-8-12/h3-5,7-11H,2,6,17H2,1H3,(H,18,19). The topological polar surface area (TPSA) is 55.1 Å². The molecule has 20 heavy (non-hydrogen) atoms. The first-order valence-electron chi connectivity index (χ1n) is 6.61. The predicted octanol–water partition coefficient (Wildman–Crippen LogP) is 4.16. The number of nitrogen functional groups attached to an aromatic ring is 1. The van der Waals surface area contributed by atoms with E-state index in [0.29, 0.717) is 17.8 Å². The van der Waals surface area contributed by atoms with Crippen molar-refractivity contribution in [3.63, 3.8) is 0 Å². The van der Waals surface area contributed by atoms with Crippen LogP contribution in [0.15, 0.2) is 58.3 Å². The van der Waals surface area contributed by atoms with Crippen LogP contribution in [-0.4, -0.2) is 5.91 Å². The number of hydrogen-bond acceptors (Lipinski definition) is 3. The van der Waals surface area contributed by atoms with Gasteiger partial charge >= 0.3 is 0 Å². The SMILES string of the molecule is CCCC(=O)Nc1cc(Sc2ccccc2)ccc1N. The number of anilines is 2. The Labute approximate surface area is 123 Å². The highest BCUT2D eigenvalue weighted by Crippen LogP contribution is 2.31. The predicted molar refractivity (Wildman–Crippen MR) is 85.0 cm³/mol. The summed E-state index contributed by atoms with van der Waals surface area (Å²) in [6.45, 7) is 1.98. The van der Waals surface area contributed by atoms with E-state index >= 15 is 0 Å². The van der Waals surface area contributed by atoms with Crippen molar-refractivity contribution in [2.45, 2.75) is 29.6 Å². The largest absolute Gasteiger partial charge is 0.397 e. The van der Waals surface area contributed by atoms with E-state index in [0.717, 1.165) is 16.2 Å². The van der Waals surface area contributed by atoms with E-state index in [2.05, 4.69) is 17.4 Å². The molecule has 2 aromatic rings. The molecule has 104 valence electrons. The van der Waals surface area contributed by atoms with Crippen molar-refractivity contribution in [2.24, 2.45) is 0 Å². The van der Waals surface area contributed by atoms with Gasteiger partial charge in [0.05, 0.1) is 11.4 Å². The molecule has 2 aromatic carbocycles. The van der Waals surface area contributed by atoms with Gasteiger partial charge in [-0.05, 0) is 36.8 Å². The highest BCUT2D eigenvalue weighted by Gasteiger charge is 2.06. The Kier molecular flexibility index (Phi) is 5.07. The minimum Gasteiger partial charge on any atom is -0.397 e. The van der Waals surface area contributed by atoms with Gasteiger partial charge in [0, 0.05) is 16.2 Å². The van der Waals surface area contributed by atoms with Gasteiger partial charge in [0.25, 0.3) is 0 Å². The van der Waals surface area contributed by atoms with Crippen LogP contribution in [0.25, 0.3) is 0 Å². The van der Waals surface area contributed by atoms with Crippen LogP contribution in [0.5, 0.6) is 0 Å². The number of nitrogens with two attached hydrogens (primary N) is 1. The Bertz CT molecular complexity index is 584. The van der Waals surface area contributed by atoms with Crippen LogP contribution >= 0.6 is 11.8 Å². The second kappa shape index (κ2) is 7.01. The van der Waals surface area contributed by atoms with Crippen LogP contribution in [-0.2, 0) is 4.79 Å². The Hall–Kier alpha value is -1.94. The zero-order valence-electron chi connectivity index (χ0n) is 11.4. The Morgan fingerprint density at radius 2 is 1.90 bits per heavy atom. The molecular weight excluding hydrogens is 268 g/mol. The average Bonchev–Trinajstić information content (AvgIpc) is 2.44. The van der Waals surface area contributed by atoms with Crippen molar-refractivity contribution >= 4 is 29.0 Å². The van der Waals surface area contributed by atoms with Crippen molar-refractivity contribution in [1.82, 2.24) is 0 Å². The van der Waals surface area contributed by atoms with Crippen molar-refractivity contribution in [3.05, 3.63) is 48.5 Å². The molecule has 0 heterocycles. The molecule has 0 aromatic heterocycles. The molecule has 0 bridgehead atoms. The third-order valence-corrected chi connectivity index (χ3v) is 3.75. The number of benzene rings is 2. The molecule has 1 amide bonds. The van der Waals surface area contributed by atoms with Gasteiger partial charge in [-0.1, -0.05) is 36.9 Å². The summed E-state index contributed by atoms with van der Waals surface area (Å²) in [4.78, 5) is 13.9. The quantitative estimate of drug-likeness (QED) is 0.811. The highest BCUT2D eigenvalue weighted by molar-refractivity contribution is 7.99. The minimum atomic E-state index is 0.000983. The number of carbonyl (C=O) groups excluding carboxylic acids is 1. The number of hydrogen-bond donors (Lipinski definition) is 2. The second-order valence-electron chi connectivity index (χ2n) is 4.46. The molecule has 0 aliphatic carbocycles. The lowest BCUT2D eigenvalue weighted by Crippen LogP contribution is -2.12. The summed E-state index contributed by atoms with van der Waals surface area (Å²) < 4.78 is 0. The van der Waals surface area contributed by atoms with E-state index in [9.17, 15) is 4.79 Å². The van der Waals surface area contributed by atoms with Gasteiger partial charge in [-0.15, -0.1) is 0 Å². The monoisotopic (exact) mass is 286 g/mol. The maximum Gasteiger partial charge on any atom is 0.224 e. The summed E-state index contributed by atoms with van der Waals surface area (Å²) in [6.07, 6.45) is 1.33. The molecule has 3 nitrogen and oxygen atoms in total. The molecule has 4 heteroatoms. The van der Waals surface area contributed by atoms with E-state index in [-0.39, 0.29) is 5.91 Å². The lowest BCUT2D eigenvalue weighted by atomic mass is 10.2. The highest BCUT2D eigenvalue weighted by atomic mass is 32.2. The summed E-state index contributed by atoms with van der Waals surface area (Å²) in [7, 11) is 0. The van der Waals surface area contributed by atoms with Crippen molar-refractivity contribution < 1.29 is 4.79 Å². The smallest absolute Gasteiger partial charge is 0.224 e. The van der Waals surface area contributed by atoms with Crippen molar-refractivity contribution in [2.75, 3.05) is 11.1 Å². The normalized spacial score (nSPS) is 10.2. The average molecular weight is 286 g/mol. The zero-order chi connectivity index (χ0) is 14.4. The number of rotatable bonds is 5. The summed E-state index contributed by atoms with van der Waals surface area (Å²) in [5.41, 5.74) is 7.18. The molecule has 0 aliphatic heterocycles. The molecule has 0 saturated heterocycles. The fourth-order valence-corrected chi connectivity index (χ4v) is 2.65. The first-order chi connectivity index (χ1) is 9.69. The fourth-order valence-electron chi connectivity index (χ4n) is 1.77. The lowest BCUT2D eigenvalue weighted by molar-refractivity contribution is -0.116. The van der Waals surface area contributed by atoms with E-state index < -0.39 is 0 Å². The maximum atomic E-state index is 11.7. The van der Waals surface area contributed by atoms with Crippen LogP contribution in [0, 0.1) is 0 Å². The number of carbonyl (C=O) groups is 1. The molecule has 0 aliphatic rings. The van der Waals surface area contributed by atoms with Gasteiger partial charge in [0.15, 0.2) is 0 Å². The minimum absolute atomic E-state index is 0.000983. The molecule has 0 radical (unpaired) electrons. The first-order valence-corrected chi connectivity index (χ1v) is 7.43.